The lowest BCUT2D eigenvalue weighted by atomic mass is 9.88. The number of rotatable bonds is 9. The lowest BCUT2D eigenvalue weighted by molar-refractivity contribution is 0.112. The second kappa shape index (κ2) is 10.8. The highest BCUT2D eigenvalue weighted by Gasteiger charge is 2.14. The highest BCUT2D eigenvalue weighted by atomic mass is 35.5. The van der Waals surface area contributed by atoms with E-state index in [-0.39, 0.29) is 12.7 Å². The molecule has 29 heavy (non-hydrogen) atoms. The Kier molecular flexibility index (Phi) is 7.92. The van der Waals surface area contributed by atoms with Crippen LogP contribution >= 0.6 is 11.6 Å². The number of ether oxygens (including phenoxy) is 1. The molecule has 150 valence electrons. The number of benzene rings is 3. The average molecular weight is 407 g/mol. The van der Waals surface area contributed by atoms with Gasteiger partial charge in [0.2, 0.25) is 0 Å². The van der Waals surface area contributed by atoms with Crippen molar-refractivity contribution in [3.63, 3.8) is 0 Å². The predicted molar refractivity (Wildman–Crippen MR) is 122 cm³/mol. The van der Waals surface area contributed by atoms with Crippen LogP contribution in [-0.2, 0) is 0 Å². The monoisotopic (exact) mass is 406 g/mol. The van der Waals surface area contributed by atoms with Gasteiger partial charge in [0.1, 0.15) is 11.9 Å². The minimum absolute atomic E-state index is 0.0152. The molecule has 0 spiro atoms. The number of halogens is 1. The maximum atomic E-state index is 9.39. The van der Waals surface area contributed by atoms with Gasteiger partial charge in [-0.15, -0.1) is 11.6 Å². The Bertz CT molecular complexity index is 898. The van der Waals surface area contributed by atoms with Crippen LogP contribution in [0, 0.1) is 0 Å². The van der Waals surface area contributed by atoms with Gasteiger partial charge in [0, 0.05) is 5.88 Å². The molecule has 1 unspecified atom stereocenters. The van der Waals surface area contributed by atoms with E-state index >= 15 is 0 Å². The topological polar surface area (TPSA) is 29.5 Å². The van der Waals surface area contributed by atoms with Gasteiger partial charge in [-0.05, 0) is 52.8 Å². The number of aliphatic hydroxyl groups excluding tert-OH is 1. The van der Waals surface area contributed by atoms with Gasteiger partial charge >= 0.3 is 0 Å². The molecular weight excluding hydrogens is 380 g/mol. The van der Waals surface area contributed by atoms with Gasteiger partial charge in [-0.25, -0.2) is 0 Å². The van der Waals surface area contributed by atoms with Crippen LogP contribution in [0.15, 0.2) is 84.9 Å². The Morgan fingerprint density at radius 2 is 1.38 bits per heavy atom. The molecule has 1 N–H and O–H groups in total. The van der Waals surface area contributed by atoms with Crippen molar-refractivity contribution in [1.29, 1.82) is 0 Å². The van der Waals surface area contributed by atoms with Crippen LogP contribution in [-0.4, -0.2) is 23.7 Å². The van der Waals surface area contributed by atoms with Gasteiger partial charge in [-0.1, -0.05) is 79.7 Å². The molecule has 0 amide bonds. The highest BCUT2D eigenvalue weighted by molar-refractivity contribution is 6.18. The average Bonchev–Trinajstić information content (AvgIpc) is 2.79. The van der Waals surface area contributed by atoms with Crippen molar-refractivity contribution in [1.82, 2.24) is 0 Å². The molecule has 0 saturated heterocycles. The van der Waals surface area contributed by atoms with Crippen molar-refractivity contribution < 1.29 is 9.84 Å². The van der Waals surface area contributed by atoms with E-state index in [1.165, 1.54) is 16.7 Å². The summed E-state index contributed by atoms with van der Waals surface area (Å²) in [5.74, 6) is 1.32. The summed E-state index contributed by atoms with van der Waals surface area (Å²) in [5.41, 5.74) is 5.86. The second-order valence-electron chi connectivity index (χ2n) is 6.88. The molecule has 0 saturated carbocycles. The Labute approximate surface area is 178 Å². The van der Waals surface area contributed by atoms with Crippen LogP contribution in [0.25, 0.3) is 11.1 Å². The van der Waals surface area contributed by atoms with Crippen LogP contribution in [0.1, 0.15) is 36.5 Å². The van der Waals surface area contributed by atoms with E-state index in [2.05, 4.69) is 60.7 Å². The van der Waals surface area contributed by atoms with Gasteiger partial charge in [-0.3, -0.25) is 0 Å². The van der Waals surface area contributed by atoms with Gasteiger partial charge in [0.25, 0.3) is 0 Å². The molecule has 3 aromatic carbocycles. The lowest BCUT2D eigenvalue weighted by Crippen LogP contribution is -2.19. The third-order valence-corrected chi connectivity index (χ3v) is 5.12. The SMILES string of the molecule is CCC(CO)Oc1ccc(/C(=C(\CCCl)c2ccccc2)c2ccccc2)cc1. The maximum absolute atomic E-state index is 9.39. The van der Waals surface area contributed by atoms with Crippen LogP contribution in [0.5, 0.6) is 5.75 Å². The molecule has 0 radical (unpaired) electrons. The van der Waals surface area contributed by atoms with Crippen molar-refractivity contribution in [2.45, 2.75) is 25.9 Å². The van der Waals surface area contributed by atoms with Gasteiger partial charge in [-0.2, -0.15) is 0 Å². The van der Waals surface area contributed by atoms with Crippen LogP contribution in [0.2, 0.25) is 0 Å². The Morgan fingerprint density at radius 1 is 0.828 bits per heavy atom. The smallest absolute Gasteiger partial charge is 0.121 e. The fraction of sp³-hybridized carbons (Fsp3) is 0.231. The third kappa shape index (κ3) is 5.50. The fourth-order valence-electron chi connectivity index (χ4n) is 3.41. The highest BCUT2D eigenvalue weighted by Crippen LogP contribution is 2.35. The van der Waals surface area contributed by atoms with E-state index in [4.69, 9.17) is 16.3 Å². The largest absolute Gasteiger partial charge is 0.488 e. The van der Waals surface area contributed by atoms with E-state index < -0.39 is 0 Å². The summed E-state index contributed by atoms with van der Waals surface area (Å²) < 4.78 is 5.86. The van der Waals surface area contributed by atoms with Crippen LogP contribution in [0.4, 0.5) is 0 Å². The lowest BCUT2D eigenvalue weighted by Gasteiger charge is -2.18. The van der Waals surface area contributed by atoms with Crippen molar-refractivity contribution >= 4 is 22.7 Å². The first kappa shape index (κ1) is 21.2. The third-order valence-electron chi connectivity index (χ3n) is 4.94. The van der Waals surface area contributed by atoms with Crippen LogP contribution < -0.4 is 4.74 Å². The molecule has 0 aliphatic heterocycles. The second-order valence-corrected chi connectivity index (χ2v) is 7.26. The van der Waals surface area contributed by atoms with Gasteiger partial charge in [0.15, 0.2) is 0 Å². The summed E-state index contributed by atoms with van der Waals surface area (Å²) in [7, 11) is 0. The van der Waals surface area contributed by atoms with Crippen LogP contribution in [0.3, 0.4) is 0 Å². The minimum Gasteiger partial charge on any atom is -0.488 e. The number of alkyl halides is 1. The summed E-state index contributed by atoms with van der Waals surface area (Å²) in [6, 6.07) is 28.9. The number of aliphatic hydroxyl groups is 1. The summed E-state index contributed by atoms with van der Waals surface area (Å²) in [4.78, 5) is 0. The van der Waals surface area contributed by atoms with E-state index in [0.717, 1.165) is 29.7 Å². The standard InChI is InChI=1S/C26H27ClO2/c1-2-23(19-28)29-24-15-13-22(14-16-24)26(21-11-7-4-8-12-21)25(17-18-27)20-9-5-3-6-10-20/h3-16,23,28H,2,17-19H2,1H3/b26-25+. The molecular formula is C26H27ClO2. The van der Waals surface area contributed by atoms with Crippen molar-refractivity contribution in [2.75, 3.05) is 12.5 Å². The summed E-state index contributed by atoms with van der Waals surface area (Å²) >= 11 is 6.20. The molecule has 2 nitrogen and oxygen atoms in total. The Balaban J connectivity index is 2.09. The van der Waals surface area contributed by atoms with Crippen molar-refractivity contribution in [3.05, 3.63) is 102 Å². The first-order valence-electron chi connectivity index (χ1n) is 10.0. The van der Waals surface area contributed by atoms with Gasteiger partial charge in [0.05, 0.1) is 6.61 Å². The summed E-state index contributed by atoms with van der Waals surface area (Å²) in [6.07, 6.45) is 1.36. The molecule has 0 bridgehead atoms. The molecule has 0 aliphatic carbocycles. The number of hydrogen-bond acceptors (Lipinski definition) is 2. The summed E-state index contributed by atoms with van der Waals surface area (Å²) in [5, 5.41) is 9.39. The molecule has 0 fully saturated rings. The molecule has 0 aliphatic rings. The number of allylic oxidation sites excluding steroid dienone is 1. The maximum Gasteiger partial charge on any atom is 0.121 e. The predicted octanol–water partition coefficient (Wildman–Crippen LogP) is 6.42. The fourth-order valence-corrected chi connectivity index (χ4v) is 3.60. The van der Waals surface area contributed by atoms with E-state index in [1.807, 2.05) is 31.2 Å². The number of hydrogen-bond donors (Lipinski definition) is 1. The molecule has 3 aromatic rings. The molecule has 1 atom stereocenters. The molecule has 3 rings (SSSR count). The Morgan fingerprint density at radius 3 is 1.90 bits per heavy atom. The zero-order chi connectivity index (χ0) is 20.5. The molecule has 0 heterocycles. The van der Waals surface area contributed by atoms with Crippen molar-refractivity contribution in [3.8, 4) is 5.75 Å². The Hall–Kier alpha value is -2.55. The summed E-state index contributed by atoms with van der Waals surface area (Å²) in [6.45, 7) is 2.02. The molecule has 0 aromatic heterocycles. The van der Waals surface area contributed by atoms with E-state index in [1.54, 1.807) is 0 Å². The van der Waals surface area contributed by atoms with E-state index in [0.29, 0.717) is 5.88 Å². The zero-order valence-corrected chi connectivity index (χ0v) is 17.5. The normalized spacial score (nSPS) is 12.9. The van der Waals surface area contributed by atoms with E-state index in [9.17, 15) is 5.11 Å². The zero-order valence-electron chi connectivity index (χ0n) is 16.7. The molecule has 3 heteroatoms. The minimum atomic E-state index is -0.180. The van der Waals surface area contributed by atoms with Crippen molar-refractivity contribution in [2.24, 2.45) is 0 Å². The van der Waals surface area contributed by atoms with Gasteiger partial charge < -0.3 is 9.84 Å². The quantitative estimate of drug-likeness (QED) is 0.328. The first-order chi connectivity index (χ1) is 14.3. The first-order valence-corrected chi connectivity index (χ1v) is 10.6.